The monoisotopic (exact) mass is 249 g/mol. The molecular formula is C15H23NO2. The number of benzene rings is 1. The van der Waals surface area contributed by atoms with Crippen molar-refractivity contribution < 1.29 is 9.47 Å². The molecule has 3 nitrogen and oxygen atoms in total. The van der Waals surface area contributed by atoms with Crippen LogP contribution in [0.1, 0.15) is 31.2 Å². The van der Waals surface area contributed by atoms with Crippen LogP contribution < -0.4 is 5.32 Å². The zero-order chi connectivity index (χ0) is 12.8. The lowest BCUT2D eigenvalue weighted by Crippen LogP contribution is -2.31. The zero-order valence-corrected chi connectivity index (χ0v) is 11.3. The second kappa shape index (κ2) is 6.76. The first-order chi connectivity index (χ1) is 8.83. The Morgan fingerprint density at radius 1 is 1.22 bits per heavy atom. The number of methoxy groups -OCH3 is 2. The molecular weight excluding hydrogens is 226 g/mol. The first-order valence-corrected chi connectivity index (χ1v) is 6.69. The molecule has 0 heterocycles. The van der Waals surface area contributed by atoms with Gasteiger partial charge in [-0.25, -0.2) is 0 Å². The van der Waals surface area contributed by atoms with Gasteiger partial charge in [-0.1, -0.05) is 18.2 Å². The van der Waals surface area contributed by atoms with Crippen molar-refractivity contribution >= 4 is 5.69 Å². The molecule has 1 aromatic rings. The third kappa shape index (κ3) is 3.47. The number of hydrogen-bond acceptors (Lipinski definition) is 3. The van der Waals surface area contributed by atoms with E-state index in [2.05, 4.69) is 29.6 Å². The second-order valence-electron chi connectivity index (χ2n) is 4.96. The summed E-state index contributed by atoms with van der Waals surface area (Å²) < 4.78 is 10.7. The van der Waals surface area contributed by atoms with Crippen molar-refractivity contribution in [2.24, 2.45) is 0 Å². The van der Waals surface area contributed by atoms with Gasteiger partial charge in [-0.05, 0) is 31.7 Å². The van der Waals surface area contributed by atoms with E-state index < -0.39 is 0 Å². The fourth-order valence-electron chi connectivity index (χ4n) is 2.65. The Morgan fingerprint density at radius 3 is 2.83 bits per heavy atom. The molecule has 2 rings (SSSR count). The molecule has 0 saturated heterocycles. The molecule has 0 spiro atoms. The number of para-hydroxylation sites is 1. The van der Waals surface area contributed by atoms with Crippen molar-refractivity contribution in [2.45, 2.75) is 44.4 Å². The van der Waals surface area contributed by atoms with E-state index in [9.17, 15) is 0 Å². The van der Waals surface area contributed by atoms with E-state index in [1.807, 2.05) is 7.11 Å². The van der Waals surface area contributed by atoms with Crippen molar-refractivity contribution in [1.29, 1.82) is 0 Å². The summed E-state index contributed by atoms with van der Waals surface area (Å²) in [4.78, 5) is 0. The van der Waals surface area contributed by atoms with Gasteiger partial charge < -0.3 is 14.8 Å². The molecule has 1 saturated carbocycles. The van der Waals surface area contributed by atoms with Crippen LogP contribution in [0.25, 0.3) is 0 Å². The van der Waals surface area contributed by atoms with Gasteiger partial charge >= 0.3 is 0 Å². The first kappa shape index (κ1) is 13.4. The Hall–Kier alpha value is -1.06. The van der Waals surface area contributed by atoms with Gasteiger partial charge in [-0.15, -0.1) is 0 Å². The van der Waals surface area contributed by atoms with Gasteiger partial charge in [-0.2, -0.15) is 0 Å². The molecule has 1 N–H and O–H groups in total. The van der Waals surface area contributed by atoms with Crippen molar-refractivity contribution in [3.05, 3.63) is 29.8 Å². The molecule has 0 aliphatic heterocycles. The van der Waals surface area contributed by atoms with Crippen molar-refractivity contribution in [3.63, 3.8) is 0 Å². The van der Waals surface area contributed by atoms with Crippen LogP contribution in [-0.2, 0) is 16.1 Å². The Bertz CT molecular complexity index is 367. The summed E-state index contributed by atoms with van der Waals surface area (Å²) in [7, 11) is 3.55. The summed E-state index contributed by atoms with van der Waals surface area (Å²) in [5.74, 6) is 0. The molecule has 1 fully saturated rings. The van der Waals surface area contributed by atoms with Crippen LogP contribution in [0.2, 0.25) is 0 Å². The molecule has 0 aromatic heterocycles. The predicted octanol–water partition coefficient (Wildman–Crippen LogP) is 3.20. The van der Waals surface area contributed by atoms with Gasteiger partial charge in [0.2, 0.25) is 0 Å². The minimum absolute atomic E-state index is 0.408. The quantitative estimate of drug-likeness (QED) is 0.869. The van der Waals surface area contributed by atoms with Gasteiger partial charge in [0.25, 0.3) is 0 Å². The SMILES string of the molecule is COCc1ccccc1NC1CCCC(OC)C1. The van der Waals surface area contributed by atoms with E-state index in [1.54, 1.807) is 7.11 Å². The largest absolute Gasteiger partial charge is 0.382 e. The number of anilines is 1. The molecule has 0 bridgehead atoms. The molecule has 2 atom stereocenters. The van der Waals surface area contributed by atoms with Crippen LogP contribution in [-0.4, -0.2) is 26.4 Å². The van der Waals surface area contributed by atoms with E-state index in [-0.39, 0.29) is 0 Å². The zero-order valence-electron chi connectivity index (χ0n) is 11.3. The van der Waals surface area contributed by atoms with E-state index in [0.717, 1.165) is 6.42 Å². The number of nitrogens with one attached hydrogen (secondary N) is 1. The summed E-state index contributed by atoms with van der Waals surface area (Å²) >= 11 is 0. The molecule has 2 unspecified atom stereocenters. The lowest BCUT2D eigenvalue weighted by atomic mass is 9.92. The standard InChI is InChI=1S/C15H23NO2/c1-17-11-12-6-3-4-9-15(12)16-13-7-5-8-14(10-13)18-2/h3-4,6,9,13-14,16H,5,7-8,10-11H2,1-2H3. The lowest BCUT2D eigenvalue weighted by Gasteiger charge is -2.30. The van der Waals surface area contributed by atoms with Crippen LogP contribution in [0, 0.1) is 0 Å². The number of hydrogen-bond donors (Lipinski definition) is 1. The maximum absolute atomic E-state index is 5.47. The maximum atomic E-state index is 5.47. The number of rotatable bonds is 5. The Morgan fingerprint density at radius 2 is 2.06 bits per heavy atom. The average molecular weight is 249 g/mol. The molecule has 1 aromatic carbocycles. The third-order valence-electron chi connectivity index (χ3n) is 3.64. The normalized spacial score (nSPS) is 23.9. The molecule has 18 heavy (non-hydrogen) atoms. The van der Waals surface area contributed by atoms with Gasteiger partial charge in [-0.3, -0.25) is 0 Å². The van der Waals surface area contributed by atoms with Crippen LogP contribution >= 0.6 is 0 Å². The highest BCUT2D eigenvalue weighted by molar-refractivity contribution is 5.51. The van der Waals surface area contributed by atoms with Crippen LogP contribution in [0.15, 0.2) is 24.3 Å². The summed E-state index contributed by atoms with van der Waals surface area (Å²) in [5.41, 5.74) is 2.42. The summed E-state index contributed by atoms with van der Waals surface area (Å²) in [6.45, 7) is 0.656. The van der Waals surface area contributed by atoms with E-state index in [1.165, 1.54) is 30.5 Å². The maximum Gasteiger partial charge on any atom is 0.0733 e. The Kier molecular flexibility index (Phi) is 5.02. The molecule has 1 aliphatic rings. The fourth-order valence-corrected chi connectivity index (χ4v) is 2.65. The van der Waals surface area contributed by atoms with Gasteiger partial charge in [0, 0.05) is 31.5 Å². The Balaban J connectivity index is 1.99. The smallest absolute Gasteiger partial charge is 0.0733 e. The lowest BCUT2D eigenvalue weighted by molar-refractivity contribution is 0.0669. The van der Waals surface area contributed by atoms with Gasteiger partial charge in [0.1, 0.15) is 0 Å². The third-order valence-corrected chi connectivity index (χ3v) is 3.64. The molecule has 3 heteroatoms. The highest BCUT2D eigenvalue weighted by Crippen LogP contribution is 2.25. The van der Waals surface area contributed by atoms with Gasteiger partial charge in [0.15, 0.2) is 0 Å². The molecule has 1 aliphatic carbocycles. The topological polar surface area (TPSA) is 30.5 Å². The Labute approximate surface area is 109 Å². The minimum Gasteiger partial charge on any atom is -0.382 e. The van der Waals surface area contributed by atoms with Crippen LogP contribution in [0.4, 0.5) is 5.69 Å². The van der Waals surface area contributed by atoms with Crippen LogP contribution in [0.3, 0.4) is 0 Å². The fraction of sp³-hybridized carbons (Fsp3) is 0.600. The highest BCUT2D eigenvalue weighted by Gasteiger charge is 2.21. The number of ether oxygens (including phenoxy) is 2. The van der Waals surface area contributed by atoms with E-state index in [4.69, 9.17) is 9.47 Å². The van der Waals surface area contributed by atoms with E-state index >= 15 is 0 Å². The van der Waals surface area contributed by atoms with Crippen molar-refractivity contribution in [2.75, 3.05) is 19.5 Å². The summed E-state index contributed by atoms with van der Waals surface area (Å²) in [6.07, 6.45) is 5.15. The van der Waals surface area contributed by atoms with Crippen molar-refractivity contribution in [3.8, 4) is 0 Å². The van der Waals surface area contributed by atoms with E-state index in [0.29, 0.717) is 18.8 Å². The first-order valence-electron chi connectivity index (χ1n) is 6.69. The molecule has 0 radical (unpaired) electrons. The highest BCUT2D eigenvalue weighted by atomic mass is 16.5. The second-order valence-corrected chi connectivity index (χ2v) is 4.96. The summed E-state index contributed by atoms with van der Waals surface area (Å²) in [5, 5.41) is 3.64. The summed E-state index contributed by atoms with van der Waals surface area (Å²) in [6, 6.07) is 8.88. The molecule has 0 amide bonds. The van der Waals surface area contributed by atoms with Gasteiger partial charge in [0.05, 0.1) is 12.7 Å². The molecule has 100 valence electrons. The average Bonchev–Trinajstić information content (AvgIpc) is 2.41. The van der Waals surface area contributed by atoms with Crippen LogP contribution in [0.5, 0.6) is 0 Å². The predicted molar refractivity (Wildman–Crippen MR) is 73.8 cm³/mol. The van der Waals surface area contributed by atoms with Crippen molar-refractivity contribution in [1.82, 2.24) is 0 Å². The minimum atomic E-state index is 0.408.